The van der Waals surface area contributed by atoms with Crippen molar-refractivity contribution in [2.45, 2.75) is 11.3 Å². The van der Waals surface area contributed by atoms with Gasteiger partial charge in [0.15, 0.2) is 11.5 Å². The predicted octanol–water partition coefficient (Wildman–Crippen LogP) is 3.99. The minimum Gasteiger partial charge on any atom is -0.493 e. The number of rotatable bonds is 11. The maximum Gasteiger partial charge on any atom is 0.306 e. The minimum absolute atomic E-state index is 0.0764. The van der Waals surface area contributed by atoms with Crippen molar-refractivity contribution < 1.29 is 26.7 Å². The summed E-state index contributed by atoms with van der Waals surface area (Å²) in [5.74, 6) is 1.16. The van der Waals surface area contributed by atoms with Crippen molar-refractivity contribution in [2.24, 2.45) is 0 Å². The van der Waals surface area contributed by atoms with Crippen molar-refractivity contribution in [1.82, 2.24) is 24.1 Å². The highest BCUT2D eigenvalue weighted by Gasteiger charge is 2.20. The molecule has 0 spiro atoms. The molecule has 3 aromatic heterocycles. The number of benzene rings is 2. The van der Waals surface area contributed by atoms with Gasteiger partial charge in [0.2, 0.25) is 16.0 Å². The fourth-order valence-corrected chi connectivity index (χ4v) is 5.07. The maximum absolute atomic E-state index is 13.5. The molecule has 0 aliphatic rings. The summed E-state index contributed by atoms with van der Waals surface area (Å²) >= 11 is 0. The fraction of sp³-hybridized carbons (Fsp3) is 0.192. The predicted molar refractivity (Wildman–Crippen MR) is 142 cm³/mol. The molecule has 2 N–H and O–H groups in total. The number of ether oxygens (including phenoxy) is 2. The molecule has 5 rings (SSSR count). The second kappa shape index (κ2) is 11.1. The molecule has 202 valence electrons. The number of halogens is 1. The summed E-state index contributed by atoms with van der Waals surface area (Å²) in [5.41, 5.74) is 2.54. The molecule has 0 bridgehead atoms. The van der Waals surface area contributed by atoms with Gasteiger partial charge >= 0.3 is 5.84 Å². The summed E-state index contributed by atoms with van der Waals surface area (Å²) < 4.78 is 59.0. The van der Waals surface area contributed by atoms with Crippen LogP contribution in [0.3, 0.4) is 0 Å². The van der Waals surface area contributed by atoms with Crippen molar-refractivity contribution in [3.05, 3.63) is 73.0 Å². The smallest absolute Gasteiger partial charge is 0.306 e. The van der Waals surface area contributed by atoms with E-state index >= 15 is 0 Å². The molecule has 0 saturated carbocycles. The molecule has 3 heterocycles. The zero-order valence-electron chi connectivity index (χ0n) is 21.1. The highest BCUT2D eigenvalue weighted by molar-refractivity contribution is 7.89. The number of oxazole rings is 1. The van der Waals surface area contributed by atoms with Crippen LogP contribution >= 0.6 is 0 Å². The molecule has 0 fully saturated rings. The van der Waals surface area contributed by atoms with Gasteiger partial charge in [-0.05, 0) is 48.9 Å². The summed E-state index contributed by atoms with van der Waals surface area (Å²) in [6.07, 6.45) is 5.33. The fourth-order valence-electron chi connectivity index (χ4n) is 3.98. The van der Waals surface area contributed by atoms with Gasteiger partial charge in [0, 0.05) is 37.1 Å². The van der Waals surface area contributed by atoms with E-state index in [0.717, 1.165) is 0 Å². The van der Waals surface area contributed by atoms with Gasteiger partial charge in [-0.2, -0.15) is 4.98 Å². The highest BCUT2D eigenvalue weighted by atomic mass is 32.2. The number of anilines is 1. The third kappa shape index (κ3) is 5.54. The Hall–Kier alpha value is -4.49. The topological polar surface area (TPSA) is 133 Å². The zero-order valence-corrected chi connectivity index (χ0v) is 21.9. The van der Waals surface area contributed by atoms with E-state index in [4.69, 9.17) is 13.9 Å². The Morgan fingerprint density at radius 3 is 2.56 bits per heavy atom. The Morgan fingerprint density at radius 1 is 1.00 bits per heavy atom. The Kier molecular flexibility index (Phi) is 7.43. The molecule has 39 heavy (non-hydrogen) atoms. The van der Waals surface area contributed by atoms with Crippen LogP contribution in [0.1, 0.15) is 6.42 Å². The molecule has 0 radical (unpaired) electrons. The van der Waals surface area contributed by atoms with E-state index in [2.05, 4.69) is 25.0 Å². The van der Waals surface area contributed by atoms with Crippen LogP contribution in [0.5, 0.6) is 11.5 Å². The van der Waals surface area contributed by atoms with Crippen LogP contribution in [0, 0.1) is 5.82 Å². The molecule has 0 aliphatic carbocycles. The van der Waals surface area contributed by atoms with Gasteiger partial charge < -0.3 is 19.2 Å². The monoisotopic (exact) mass is 552 g/mol. The van der Waals surface area contributed by atoms with Crippen LogP contribution < -0.4 is 19.5 Å². The van der Waals surface area contributed by atoms with E-state index in [9.17, 15) is 12.8 Å². The van der Waals surface area contributed by atoms with Crippen molar-refractivity contribution in [1.29, 1.82) is 0 Å². The SMILES string of the molecule is COc1ccc(S(=O)(=O)NCCCNc2nccc(-c3c(-c4ccc(F)cc4)nc4occn34)n2)cc1OC. The van der Waals surface area contributed by atoms with Crippen molar-refractivity contribution in [3.63, 3.8) is 0 Å². The molecule has 13 heteroatoms. The number of sulfonamides is 1. The standard InChI is InChI=1S/C26H25FN6O5S/c1-36-21-9-8-19(16-22(21)37-2)39(34,35)30-12-3-11-28-25-29-13-10-20(31-25)24-23(17-4-6-18(27)7-5-17)32-26-33(24)14-15-38-26/h4-10,13-16,30H,3,11-12H2,1-2H3,(H,28,29,31). The summed E-state index contributed by atoms with van der Waals surface area (Å²) in [7, 11) is -0.811. The number of aromatic nitrogens is 4. The van der Waals surface area contributed by atoms with Crippen LogP contribution in [-0.2, 0) is 10.0 Å². The van der Waals surface area contributed by atoms with Gasteiger partial charge in [-0.1, -0.05) is 0 Å². The average Bonchev–Trinajstić information content (AvgIpc) is 3.54. The van der Waals surface area contributed by atoms with E-state index in [-0.39, 0.29) is 17.3 Å². The average molecular weight is 553 g/mol. The van der Waals surface area contributed by atoms with Crippen LogP contribution in [0.25, 0.3) is 28.5 Å². The molecule has 0 amide bonds. The summed E-state index contributed by atoms with van der Waals surface area (Å²) in [4.78, 5) is 13.5. The van der Waals surface area contributed by atoms with Gasteiger partial charge in [-0.3, -0.25) is 4.40 Å². The Morgan fingerprint density at radius 2 is 1.79 bits per heavy atom. The molecule has 0 saturated heterocycles. The van der Waals surface area contributed by atoms with E-state index in [1.54, 1.807) is 41.1 Å². The van der Waals surface area contributed by atoms with Crippen LogP contribution in [-0.4, -0.2) is 55.1 Å². The van der Waals surface area contributed by atoms with Crippen LogP contribution in [0.4, 0.5) is 10.3 Å². The molecule has 0 unspecified atom stereocenters. The first-order chi connectivity index (χ1) is 18.9. The lowest BCUT2D eigenvalue weighted by Crippen LogP contribution is -2.26. The van der Waals surface area contributed by atoms with E-state index in [0.29, 0.717) is 58.9 Å². The minimum atomic E-state index is -3.74. The highest BCUT2D eigenvalue weighted by Crippen LogP contribution is 2.32. The molecular formula is C26H25FN6O5S. The summed E-state index contributed by atoms with van der Waals surface area (Å²) in [6, 6.07) is 12.2. The van der Waals surface area contributed by atoms with E-state index < -0.39 is 10.0 Å². The molecule has 0 atom stereocenters. The van der Waals surface area contributed by atoms with Gasteiger partial charge in [0.05, 0.1) is 24.8 Å². The largest absolute Gasteiger partial charge is 0.493 e. The van der Waals surface area contributed by atoms with Crippen molar-refractivity contribution in [2.75, 3.05) is 32.6 Å². The quantitative estimate of drug-likeness (QED) is 0.233. The Labute approximate surface area is 223 Å². The summed E-state index contributed by atoms with van der Waals surface area (Å²) in [5, 5.41) is 3.12. The van der Waals surface area contributed by atoms with Gasteiger partial charge in [-0.15, -0.1) is 0 Å². The second-order valence-corrected chi connectivity index (χ2v) is 10.1. The van der Waals surface area contributed by atoms with E-state index in [1.807, 2.05) is 0 Å². The van der Waals surface area contributed by atoms with Crippen LogP contribution in [0.2, 0.25) is 0 Å². The van der Waals surface area contributed by atoms with Gasteiger partial charge in [0.25, 0.3) is 0 Å². The van der Waals surface area contributed by atoms with Crippen molar-refractivity contribution >= 4 is 21.8 Å². The molecular weight excluding hydrogens is 527 g/mol. The summed E-state index contributed by atoms with van der Waals surface area (Å²) in [6.45, 7) is 0.604. The van der Waals surface area contributed by atoms with Crippen molar-refractivity contribution in [3.8, 4) is 34.1 Å². The second-order valence-electron chi connectivity index (χ2n) is 8.33. The number of imidazole rings is 1. The first-order valence-corrected chi connectivity index (χ1v) is 13.4. The molecule has 11 nitrogen and oxygen atoms in total. The lowest BCUT2D eigenvalue weighted by molar-refractivity contribution is 0.354. The normalized spacial score (nSPS) is 11.6. The number of fused-ring (bicyclic) bond motifs is 1. The first kappa shape index (κ1) is 26.1. The number of hydrogen-bond donors (Lipinski definition) is 2. The number of nitrogens with zero attached hydrogens (tertiary/aromatic N) is 4. The first-order valence-electron chi connectivity index (χ1n) is 11.9. The lowest BCUT2D eigenvalue weighted by Gasteiger charge is -2.11. The van der Waals surface area contributed by atoms with Crippen LogP contribution in [0.15, 0.2) is 76.5 Å². The third-order valence-electron chi connectivity index (χ3n) is 5.87. The third-order valence-corrected chi connectivity index (χ3v) is 7.33. The number of nitrogens with one attached hydrogen (secondary N) is 2. The Balaban J connectivity index is 1.25. The Bertz CT molecular complexity index is 1700. The van der Waals surface area contributed by atoms with E-state index in [1.165, 1.54) is 44.7 Å². The molecule has 5 aromatic rings. The maximum atomic E-state index is 13.5. The molecule has 2 aromatic carbocycles. The lowest BCUT2D eigenvalue weighted by atomic mass is 10.1. The van der Waals surface area contributed by atoms with Gasteiger partial charge in [-0.25, -0.2) is 27.5 Å². The zero-order chi connectivity index (χ0) is 27.4. The number of hydrogen-bond acceptors (Lipinski definition) is 9. The molecule has 0 aliphatic heterocycles. The number of methoxy groups -OCH3 is 2. The van der Waals surface area contributed by atoms with Gasteiger partial charge in [0.1, 0.15) is 23.5 Å².